The van der Waals surface area contributed by atoms with Crippen molar-refractivity contribution >= 4 is 0 Å². The van der Waals surface area contributed by atoms with E-state index in [-0.39, 0.29) is 5.54 Å². The van der Waals surface area contributed by atoms with Crippen molar-refractivity contribution in [2.45, 2.75) is 72.0 Å². The van der Waals surface area contributed by atoms with E-state index in [1.807, 2.05) is 6.33 Å². The third-order valence-electron chi connectivity index (χ3n) is 6.79. The van der Waals surface area contributed by atoms with Gasteiger partial charge in [0.25, 0.3) is 0 Å². The Kier molecular flexibility index (Phi) is 5.12. The number of H-pyrrole nitrogens is 1. The lowest BCUT2D eigenvalue weighted by molar-refractivity contribution is 0.00344. The molecule has 0 bridgehead atoms. The summed E-state index contributed by atoms with van der Waals surface area (Å²) in [6.07, 6.45) is 6.56. The minimum atomic E-state index is 0.137. The Balaban J connectivity index is 1.52. The van der Waals surface area contributed by atoms with Gasteiger partial charge in [0.15, 0.2) is 0 Å². The van der Waals surface area contributed by atoms with Crippen LogP contribution in [0.3, 0.4) is 0 Å². The van der Waals surface area contributed by atoms with E-state index in [1.54, 1.807) is 0 Å². The molecular weight excluding hydrogens is 336 g/mol. The third-order valence-corrected chi connectivity index (χ3v) is 6.79. The van der Waals surface area contributed by atoms with Gasteiger partial charge in [-0.15, -0.1) is 0 Å². The van der Waals surface area contributed by atoms with Gasteiger partial charge in [-0.3, -0.25) is 14.5 Å². The number of imidazole rings is 1. The summed E-state index contributed by atoms with van der Waals surface area (Å²) in [5.41, 5.74) is 6.77. The van der Waals surface area contributed by atoms with E-state index in [0.717, 1.165) is 39.1 Å². The molecule has 2 aromatic heterocycles. The first-order valence-electron chi connectivity index (χ1n) is 10.6. The molecule has 0 amide bonds. The van der Waals surface area contributed by atoms with Crippen molar-refractivity contribution in [3.8, 4) is 0 Å². The second-order valence-electron chi connectivity index (χ2n) is 8.24. The molecule has 1 N–H and O–H groups in total. The highest BCUT2D eigenvalue weighted by Crippen LogP contribution is 2.42. The molecule has 1 spiro atoms. The maximum Gasteiger partial charge on any atom is 0.0926 e. The smallest absolute Gasteiger partial charge is 0.0926 e. The fraction of sp³-hybridized carbons (Fsp3) is 0.714. The Hall–Kier alpha value is -1.66. The Morgan fingerprint density at radius 1 is 1.15 bits per heavy atom. The molecule has 1 saturated heterocycles. The lowest BCUT2D eigenvalue weighted by Crippen LogP contribution is -2.56. The summed E-state index contributed by atoms with van der Waals surface area (Å²) in [6.45, 7) is 15.4. The third kappa shape index (κ3) is 3.13. The summed E-state index contributed by atoms with van der Waals surface area (Å²) >= 11 is 0. The molecule has 2 aromatic rings. The summed E-state index contributed by atoms with van der Waals surface area (Å²) in [5.74, 6) is 0. The normalized spacial score (nSPS) is 20.3. The maximum atomic E-state index is 4.79. The number of fused-ring (bicyclic) bond motifs is 2. The number of piperidine rings is 1. The molecule has 148 valence electrons. The number of aryl methyl sites for hydroxylation is 2. The van der Waals surface area contributed by atoms with E-state index in [2.05, 4.69) is 47.2 Å². The average Bonchev–Trinajstić information content (AvgIpc) is 3.26. The van der Waals surface area contributed by atoms with E-state index in [1.165, 1.54) is 54.1 Å². The van der Waals surface area contributed by atoms with E-state index in [4.69, 9.17) is 10.1 Å². The number of nitrogens with one attached hydrogen (secondary N) is 1. The van der Waals surface area contributed by atoms with Crippen LogP contribution >= 0.6 is 0 Å². The highest BCUT2D eigenvalue weighted by molar-refractivity contribution is 5.28. The number of nitrogens with zero attached hydrogens (tertiary/aromatic N) is 5. The number of hydrogen-bond donors (Lipinski definition) is 1. The molecule has 0 atom stereocenters. The van der Waals surface area contributed by atoms with Crippen LogP contribution in [0.25, 0.3) is 0 Å². The molecule has 4 heterocycles. The summed E-state index contributed by atoms with van der Waals surface area (Å²) < 4.78 is 2.14. The van der Waals surface area contributed by atoms with Gasteiger partial charge >= 0.3 is 0 Å². The van der Waals surface area contributed by atoms with Gasteiger partial charge in [0.05, 0.1) is 23.3 Å². The van der Waals surface area contributed by atoms with Crippen molar-refractivity contribution in [1.82, 2.24) is 29.5 Å². The zero-order chi connectivity index (χ0) is 19.0. The molecule has 2 aliphatic rings. The molecule has 6 heteroatoms. The fourth-order valence-electron chi connectivity index (χ4n) is 5.25. The molecule has 0 aliphatic carbocycles. The van der Waals surface area contributed by atoms with Gasteiger partial charge in [0, 0.05) is 56.1 Å². The highest BCUT2D eigenvalue weighted by Gasteiger charge is 2.46. The second kappa shape index (κ2) is 7.40. The van der Waals surface area contributed by atoms with Crippen LogP contribution in [0.1, 0.15) is 61.4 Å². The van der Waals surface area contributed by atoms with Gasteiger partial charge in [-0.1, -0.05) is 6.92 Å². The minimum absolute atomic E-state index is 0.137. The van der Waals surface area contributed by atoms with Crippen molar-refractivity contribution < 1.29 is 0 Å². The monoisotopic (exact) mass is 370 g/mol. The summed E-state index contributed by atoms with van der Waals surface area (Å²) in [7, 11) is 0. The molecule has 1 fully saturated rings. The zero-order valence-corrected chi connectivity index (χ0v) is 17.4. The van der Waals surface area contributed by atoms with Crippen LogP contribution in [0.15, 0.2) is 6.33 Å². The first-order chi connectivity index (χ1) is 13.1. The Morgan fingerprint density at radius 2 is 1.93 bits per heavy atom. The molecule has 4 rings (SSSR count). The van der Waals surface area contributed by atoms with Crippen molar-refractivity contribution in [2.24, 2.45) is 0 Å². The Morgan fingerprint density at radius 3 is 2.59 bits per heavy atom. The van der Waals surface area contributed by atoms with Crippen LogP contribution < -0.4 is 0 Å². The summed E-state index contributed by atoms with van der Waals surface area (Å²) in [4.78, 5) is 13.5. The topological polar surface area (TPSA) is 53.0 Å². The van der Waals surface area contributed by atoms with Crippen LogP contribution in [0, 0.1) is 13.8 Å². The molecule has 6 nitrogen and oxygen atoms in total. The fourth-order valence-corrected chi connectivity index (χ4v) is 5.25. The lowest BCUT2D eigenvalue weighted by atomic mass is 9.78. The van der Waals surface area contributed by atoms with E-state index >= 15 is 0 Å². The average molecular weight is 371 g/mol. The SMILES string of the molecule is CCCN1CCc2[nH]cnc2C12CCN(Cc1c(C)nn(CC)c1C)CC2. The lowest BCUT2D eigenvalue weighted by Gasteiger charge is -2.50. The van der Waals surface area contributed by atoms with Crippen molar-refractivity contribution in [1.29, 1.82) is 0 Å². The zero-order valence-electron chi connectivity index (χ0n) is 17.4. The van der Waals surface area contributed by atoms with Crippen molar-refractivity contribution in [3.63, 3.8) is 0 Å². The molecule has 27 heavy (non-hydrogen) atoms. The number of aromatic nitrogens is 4. The minimum Gasteiger partial charge on any atom is -0.348 e. The molecule has 2 aliphatic heterocycles. The predicted octanol–water partition coefficient (Wildman–Crippen LogP) is 3.00. The van der Waals surface area contributed by atoms with Crippen molar-refractivity contribution in [2.75, 3.05) is 26.2 Å². The highest BCUT2D eigenvalue weighted by atomic mass is 15.3. The quantitative estimate of drug-likeness (QED) is 0.879. The number of hydrogen-bond acceptors (Lipinski definition) is 4. The maximum absolute atomic E-state index is 4.79. The van der Waals surface area contributed by atoms with Gasteiger partial charge in [0.2, 0.25) is 0 Å². The van der Waals surface area contributed by atoms with Gasteiger partial charge in [-0.2, -0.15) is 5.10 Å². The summed E-state index contributed by atoms with van der Waals surface area (Å²) in [6, 6.07) is 0. The van der Waals surface area contributed by atoms with E-state index < -0.39 is 0 Å². The standard InChI is InChI=1S/C21H34N6/c1-5-10-26-11-7-19-20(23-15-22-19)21(26)8-12-25(13-9-21)14-18-16(3)24-27(6-2)17(18)4/h15H,5-14H2,1-4H3,(H,22,23). The largest absolute Gasteiger partial charge is 0.348 e. The van der Waals surface area contributed by atoms with E-state index in [0.29, 0.717) is 0 Å². The Labute approximate surface area is 163 Å². The van der Waals surface area contributed by atoms with E-state index in [9.17, 15) is 0 Å². The van der Waals surface area contributed by atoms with Gasteiger partial charge < -0.3 is 4.98 Å². The van der Waals surface area contributed by atoms with Crippen LogP contribution in [-0.2, 0) is 25.0 Å². The van der Waals surface area contributed by atoms with Crippen LogP contribution in [0.5, 0.6) is 0 Å². The first kappa shape index (κ1) is 18.7. The van der Waals surface area contributed by atoms with Crippen molar-refractivity contribution in [3.05, 3.63) is 34.7 Å². The molecular formula is C21H34N6. The molecule has 0 saturated carbocycles. The van der Waals surface area contributed by atoms with Gasteiger partial charge in [-0.05, 0) is 46.6 Å². The van der Waals surface area contributed by atoms with Crippen LogP contribution in [0.4, 0.5) is 0 Å². The molecule has 0 unspecified atom stereocenters. The van der Waals surface area contributed by atoms with Crippen LogP contribution in [0.2, 0.25) is 0 Å². The van der Waals surface area contributed by atoms with Gasteiger partial charge in [0.1, 0.15) is 0 Å². The first-order valence-corrected chi connectivity index (χ1v) is 10.6. The van der Waals surface area contributed by atoms with Gasteiger partial charge in [-0.25, -0.2) is 4.98 Å². The molecule has 0 aromatic carbocycles. The summed E-state index contributed by atoms with van der Waals surface area (Å²) in [5, 5.41) is 4.70. The second-order valence-corrected chi connectivity index (χ2v) is 8.24. The molecule has 0 radical (unpaired) electrons. The number of aromatic amines is 1. The predicted molar refractivity (Wildman–Crippen MR) is 108 cm³/mol. The van der Waals surface area contributed by atoms with Crippen LogP contribution in [-0.4, -0.2) is 55.7 Å². The Bertz CT molecular complexity index is 781. The number of likely N-dealkylation sites (tertiary alicyclic amines) is 1. The number of rotatable bonds is 5.